The van der Waals surface area contributed by atoms with Crippen LogP contribution in [0.4, 0.5) is 0 Å². The standard InChI is InChI=1S/C20H28N2O4S/c1-13(19-12-15-3-4-17(19)11-15)22-20(24)9-10-21-27(25,26)18-7-5-16(6-8-18)14(2)23/h5-8,13,15,17,19,21H,3-4,9-12H2,1-2H3,(H,22,24). The molecule has 148 valence electrons. The molecular weight excluding hydrogens is 364 g/mol. The SMILES string of the molecule is CC(=O)c1ccc(S(=O)(=O)NCCC(=O)NC(C)C2CC3CCC2C3)cc1. The second-order valence-electron chi connectivity index (χ2n) is 7.92. The number of nitrogens with one attached hydrogen (secondary N) is 2. The molecule has 6 nitrogen and oxygen atoms in total. The van der Waals surface area contributed by atoms with Crippen LogP contribution in [0, 0.1) is 17.8 Å². The van der Waals surface area contributed by atoms with Gasteiger partial charge in [0, 0.05) is 24.6 Å². The first-order chi connectivity index (χ1) is 12.8. The highest BCUT2D eigenvalue weighted by molar-refractivity contribution is 7.89. The summed E-state index contributed by atoms with van der Waals surface area (Å²) in [6.45, 7) is 3.54. The summed E-state index contributed by atoms with van der Waals surface area (Å²) < 4.78 is 27.0. The lowest BCUT2D eigenvalue weighted by Gasteiger charge is -2.28. The summed E-state index contributed by atoms with van der Waals surface area (Å²) in [4.78, 5) is 23.5. The van der Waals surface area contributed by atoms with Crippen molar-refractivity contribution < 1.29 is 18.0 Å². The number of benzene rings is 1. The molecule has 0 heterocycles. The fourth-order valence-corrected chi connectivity index (χ4v) is 5.62. The van der Waals surface area contributed by atoms with Crippen LogP contribution >= 0.6 is 0 Å². The van der Waals surface area contributed by atoms with Crippen LogP contribution in [0.2, 0.25) is 0 Å². The Hall–Kier alpha value is -1.73. The second-order valence-corrected chi connectivity index (χ2v) is 9.69. The Balaban J connectivity index is 1.45. The molecule has 2 bridgehead atoms. The Morgan fingerprint density at radius 1 is 1.15 bits per heavy atom. The quantitative estimate of drug-likeness (QED) is 0.665. The van der Waals surface area contributed by atoms with E-state index >= 15 is 0 Å². The van der Waals surface area contributed by atoms with Gasteiger partial charge in [0.2, 0.25) is 15.9 Å². The molecule has 1 aromatic carbocycles. The number of Topliss-reactive ketones (excluding diaryl/α,β-unsaturated/α-hetero) is 1. The van der Waals surface area contributed by atoms with Gasteiger partial charge in [-0.15, -0.1) is 0 Å². The van der Waals surface area contributed by atoms with Crippen LogP contribution in [0.25, 0.3) is 0 Å². The highest BCUT2D eigenvalue weighted by Crippen LogP contribution is 2.49. The van der Waals surface area contributed by atoms with Crippen LogP contribution in [-0.4, -0.2) is 32.7 Å². The van der Waals surface area contributed by atoms with Crippen molar-refractivity contribution in [1.29, 1.82) is 0 Å². The van der Waals surface area contributed by atoms with Gasteiger partial charge in [0.15, 0.2) is 5.78 Å². The van der Waals surface area contributed by atoms with Crippen LogP contribution in [0.5, 0.6) is 0 Å². The van der Waals surface area contributed by atoms with Crippen molar-refractivity contribution in [1.82, 2.24) is 10.0 Å². The Morgan fingerprint density at radius 2 is 1.85 bits per heavy atom. The normalized spacial score (nSPS) is 25.3. The monoisotopic (exact) mass is 392 g/mol. The summed E-state index contributed by atoms with van der Waals surface area (Å²) in [5.74, 6) is 1.89. The molecule has 2 N–H and O–H groups in total. The number of carbonyl (C=O) groups is 2. The van der Waals surface area contributed by atoms with Crippen LogP contribution in [0.3, 0.4) is 0 Å². The predicted molar refractivity (Wildman–Crippen MR) is 103 cm³/mol. The van der Waals surface area contributed by atoms with Crippen molar-refractivity contribution in [3.05, 3.63) is 29.8 Å². The molecule has 1 aromatic rings. The first-order valence-electron chi connectivity index (χ1n) is 9.66. The zero-order chi connectivity index (χ0) is 19.6. The van der Waals surface area contributed by atoms with Crippen LogP contribution in [-0.2, 0) is 14.8 Å². The highest BCUT2D eigenvalue weighted by atomic mass is 32.2. The fourth-order valence-electron chi connectivity index (χ4n) is 4.59. The zero-order valence-electron chi connectivity index (χ0n) is 15.9. The highest BCUT2D eigenvalue weighted by Gasteiger charge is 2.42. The molecule has 4 unspecified atom stereocenters. The number of hydrogen-bond donors (Lipinski definition) is 2. The Morgan fingerprint density at radius 3 is 2.41 bits per heavy atom. The van der Waals surface area contributed by atoms with Gasteiger partial charge < -0.3 is 5.32 Å². The summed E-state index contributed by atoms with van der Waals surface area (Å²) in [6.07, 6.45) is 5.22. The molecule has 0 aromatic heterocycles. The lowest BCUT2D eigenvalue weighted by Crippen LogP contribution is -2.41. The van der Waals surface area contributed by atoms with E-state index in [9.17, 15) is 18.0 Å². The Kier molecular flexibility index (Phi) is 6.01. The van der Waals surface area contributed by atoms with Crippen molar-refractivity contribution in [2.45, 2.75) is 56.9 Å². The van der Waals surface area contributed by atoms with Gasteiger partial charge in [-0.05, 0) is 63.0 Å². The van der Waals surface area contributed by atoms with E-state index < -0.39 is 10.0 Å². The molecule has 2 aliphatic carbocycles. The molecule has 0 saturated heterocycles. The van der Waals surface area contributed by atoms with E-state index in [4.69, 9.17) is 0 Å². The number of hydrogen-bond acceptors (Lipinski definition) is 4. The van der Waals surface area contributed by atoms with E-state index in [2.05, 4.69) is 17.0 Å². The number of sulfonamides is 1. The molecule has 3 rings (SSSR count). The maximum atomic E-state index is 12.3. The first-order valence-corrected chi connectivity index (χ1v) is 11.1. The Labute approximate surface area is 161 Å². The van der Waals surface area contributed by atoms with E-state index in [1.807, 2.05) is 0 Å². The van der Waals surface area contributed by atoms with Gasteiger partial charge in [-0.1, -0.05) is 18.6 Å². The van der Waals surface area contributed by atoms with E-state index in [0.717, 1.165) is 11.8 Å². The lowest BCUT2D eigenvalue weighted by molar-refractivity contribution is -0.122. The molecular formula is C20H28N2O4S. The van der Waals surface area contributed by atoms with Crippen molar-refractivity contribution in [3.63, 3.8) is 0 Å². The average Bonchev–Trinajstić information content (AvgIpc) is 3.25. The maximum Gasteiger partial charge on any atom is 0.240 e. The summed E-state index contributed by atoms with van der Waals surface area (Å²) in [5, 5.41) is 3.04. The second kappa shape index (κ2) is 8.10. The third kappa shape index (κ3) is 4.76. The molecule has 0 radical (unpaired) electrons. The minimum atomic E-state index is -3.69. The number of amides is 1. The van der Waals surface area contributed by atoms with Crippen molar-refractivity contribution in [2.75, 3.05) is 6.54 Å². The number of ketones is 1. The van der Waals surface area contributed by atoms with Gasteiger partial charge in [-0.2, -0.15) is 0 Å². The maximum absolute atomic E-state index is 12.3. The lowest BCUT2D eigenvalue weighted by atomic mass is 9.84. The molecule has 2 fully saturated rings. The van der Waals surface area contributed by atoms with Crippen molar-refractivity contribution in [3.8, 4) is 0 Å². The molecule has 27 heavy (non-hydrogen) atoms. The summed E-state index contributed by atoms with van der Waals surface area (Å²) in [6, 6.07) is 5.91. The third-order valence-electron chi connectivity index (χ3n) is 6.04. The third-order valence-corrected chi connectivity index (χ3v) is 7.52. The molecule has 0 spiro atoms. The molecule has 7 heteroatoms. The van der Waals surface area contributed by atoms with Crippen LogP contribution in [0.1, 0.15) is 56.3 Å². The predicted octanol–water partition coefficient (Wildman–Crippen LogP) is 2.50. The minimum Gasteiger partial charge on any atom is -0.353 e. The first kappa shape index (κ1) is 20.0. The van der Waals surface area contributed by atoms with Crippen LogP contribution in [0.15, 0.2) is 29.2 Å². The molecule has 4 atom stereocenters. The summed E-state index contributed by atoms with van der Waals surface area (Å²) in [5.41, 5.74) is 0.461. The smallest absolute Gasteiger partial charge is 0.240 e. The van der Waals surface area contributed by atoms with Gasteiger partial charge in [-0.3, -0.25) is 9.59 Å². The zero-order valence-corrected chi connectivity index (χ0v) is 16.7. The average molecular weight is 393 g/mol. The van der Waals surface area contributed by atoms with Crippen molar-refractivity contribution in [2.24, 2.45) is 17.8 Å². The largest absolute Gasteiger partial charge is 0.353 e. The molecule has 0 aliphatic heterocycles. The van der Waals surface area contributed by atoms with Crippen molar-refractivity contribution >= 4 is 21.7 Å². The number of rotatable bonds is 8. The molecule has 1 amide bonds. The molecule has 2 aliphatic rings. The van der Waals surface area contributed by atoms with Gasteiger partial charge in [-0.25, -0.2) is 13.1 Å². The van der Waals surface area contributed by atoms with E-state index in [1.165, 1.54) is 56.9 Å². The van der Waals surface area contributed by atoms with E-state index in [1.54, 1.807) is 0 Å². The van der Waals surface area contributed by atoms with E-state index in [0.29, 0.717) is 11.5 Å². The summed E-state index contributed by atoms with van der Waals surface area (Å²) >= 11 is 0. The van der Waals surface area contributed by atoms with E-state index in [-0.39, 0.29) is 35.6 Å². The topological polar surface area (TPSA) is 92.3 Å². The van der Waals surface area contributed by atoms with Gasteiger partial charge in [0.1, 0.15) is 0 Å². The Bertz CT molecular complexity index is 804. The summed E-state index contributed by atoms with van der Waals surface area (Å²) in [7, 11) is -3.69. The van der Waals surface area contributed by atoms with Gasteiger partial charge in [0.25, 0.3) is 0 Å². The fraction of sp³-hybridized carbons (Fsp3) is 0.600. The number of carbonyl (C=O) groups excluding carboxylic acids is 2. The minimum absolute atomic E-state index is 0.0477. The van der Waals surface area contributed by atoms with Crippen LogP contribution < -0.4 is 10.0 Å². The number of fused-ring (bicyclic) bond motifs is 2. The molecule has 2 saturated carbocycles. The van der Waals surface area contributed by atoms with Gasteiger partial charge in [0.05, 0.1) is 4.90 Å². The van der Waals surface area contributed by atoms with Gasteiger partial charge >= 0.3 is 0 Å².